The average Bonchev–Trinajstić information content (AvgIpc) is 3.43. The molecule has 0 bridgehead atoms. The smallest absolute Gasteiger partial charge is 0.276 e. The van der Waals surface area contributed by atoms with Crippen LogP contribution in [0.4, 0.5) is 10.2 Å². The molecule has 9 heteroatoms. The van der Waals surface area contributed by atoms with Crippen molar-refractivity contribution in [3.05, 3.63) is 77.2 Å². The molecule has 4 rings (SSSR count). The fourth-order valence-electron chi connectivity index (χ4n) is 2.75. The third-order valence-electron chi connectivity index (χ3n) is 4.11. The van der Waals surface area contributed by atoms with E-state index in [2.05, 4.69) is 15.4 Å². The van der Waals surface area contributed by atoms with Crippen molar-refractivity contribution in [2.24, 2.45) is 0 Å². The van der Waals surface area contributed by atoms with Crippen LogP contribution in [0, 0.1) is 5.82 Å². The summed E-state index contributed by atoms with van der Waals surface area (Å²) >= 11 is 1.19. The Morgan fingerprint density at radius 1 is 1.21 bits per heavy atom. The van der Waals surface area contributed by atoms with E-state index >= 15 is 0 Å². The van der Waals surface area contributed by atoms with Gasteiger partial charge in [0.05, 0.1) is 16.9 Å². The predicted molar refractivity (Wildman–Crippen MR) is 106 cm³/mol. The maximum atomic E-state index is 14.1. The van der Waals surface area contributed by atoms with E-state index in [1.165, 1.54) is 29.8 Å². The Kier molecular flexibility index (Phi) is 5.05. The van der Waals surface area contributed by atoms with Crippen LogP contribution in [0.25, 0.3) is 10.4 Å². The fourth-order valence-corrected chi connectivity index (χ4v) is 3.56. The van der Waals surface area contributed by atoms with Crippen LogP contribution < -0.4 is 5.32 Å². The highest BCUT2D eigenvalue weighted by atomic mass is 32.1. The van der Waals surface area contributed by atoms with Crippen molar-refractivity contribution in [2.45, 2.75) is 13.5 Å². The van der Waals surface area contributed by atoms with E-state index in [4.69, 9.17) is 4.42 Å². The SMILES string of the molecule is CC(=O)c1ccc(Cn2ccc(NC(=O)c3ncsc3-c3ccccc3F)n2)o1. The number of anilines is 1. The van der Waals surface area contributed by atoms with Crippen molar-refractivity contribution in [3.8, 4) is 10.4 Å². The fraction of sp³-hybridized carbons (Fsp3) is 0.100. The average molecular weight is 410 g/mol. The van der Waals surface area contributed by atoms with Crippen LogP contribution in [0.2, 0.25) is 0 Å². The maximum Gasteiger partial charge on any atom is 0.276 e. The molecule has 0 radical (unpaired) electrons. The van der Waals surface area contributed by atoms with E-state index in [1.54, 1.807) is 47.3 Å². The first kappa shape index (κ1) is 18.8. The Bertz CT molecular complexity index is 1190. The number of nitrogens with zero attached hydrogens (tertiary/aromatic N) is 3. The van der Waals surface area contributed by atoms with Crippen LogP contribution >= 0.6 is 11.3 Å². The summed E-state index contributed by atoms with van der Waals surface area (Å²) < 4.78 is 21.1. The molecule has 3 heterocycles. The minimum atomic E-state index is -0.480. The molecule has 1 amide bonds. The Hall–Kier alpha value is -3.59. The van der Waals surface area contributed by atoms with Gasteiger partial charge in [0.15, 0.2) is 17.4 Å². The minimum Gasteiger partial charge on any atom is -0.456 e. The lowest BCUT2D eigenvalue weighted by Crippen LogP contribution is -2.14. The first-order valence-electron chi connectivity index (χ1n) is 8.64. The van der Waals surface area contributed by atoms with Crippen molar-refractivity contribution >= 4 is 28.8 Å². The van der Waals surface area contributed by atoms with Crippen molar-refractivity contribution < 1.29 is 18.4 Å². The van der Waals surface area contributed by atoms with Gasteiger partial charge >= 0.3 is 0 Å². The number of carbonyl (C=O) groups excluding carboxylic acids is 2. The van der Waals surface area contributed by atoms with E-state index in [1.807, 2.05) is 0 Å². The van der Waals surface area contributed by atoms with Gasteiger partial charge in [-0.1, -0.05) is 18.2 Å². The zero-order valence-corrected chi connectivity index (χ0v) is 16.1. The summed E-state index contributed by atoms with van der Waals surface area (Å²) in [4.78, 5) is 28.5. The summed E-state index contributed by atoms with van der Waals surface area (Å²) in [7, 11) is 0. The van der Waals surface area contributed by atoms with Gasteiger partial charge < -0.3 is 9.73 Å². The van der Waals surface area contributed by atoms with Crippen LogP contribution in [-0.2, 0) is 6.54 Å². The van der Waals surface area contributed by atoms with Gasteiger partial charge in [-0.05, 0) is 18.2 Å². The highest BCUT2D eigenvalue weighted by molar-refractivity contribution is 7.13. The largest absolute Gasteiger partial charge is 0.456 e. The molecule has 0 spiro atoms. The van der Waals surface area contributed by atoms with Gasteiger partial charge in [0.1, 0.15) is 17.3 Å². The molecule has 1 N–H and O–H groups in total. The monoisotopic (exact) mass is 410 g/mol. The highest BCUT2D eigenvalue weighted by Gasteiger charge is 2.19. The highest BCUT2D eigenvalue weighted by Crippen LogP contribution is 2.30. The standard InChI is InChI=1S/C20H15FN4O3S/c1-12(26)16-7-6-13(28-16)10-25-9-8-17(24-25)23-20(27)18-19(29-11-22-18)14-4-2-3-5-15(14)21/h2-9,11H,10H2,1H3,(H,23,24,27). The third kappa shape index (κ3) is 3.99. The molecule has 146 valence electrons. The number of Topliss-reactive ketones (excluding diaryl/α,β-unsaturated/α-hetero) is 1. The lowest BCUT2D eigenvalue weighted by Gasteiger charge is -2.04. The van der Waals surface area contributed by atoms with E-state index in [-0.39, 0.29) is 17.2 Å². The minimum absolute atomic E-state index is 0.131. The Morgan fingerprint density at radius 3 is 2.79 bits per heavy atom. The number of rotatable bonds is 6. The van der Waals surface area contributed by atoms with Crippen molar-refractivity contribution in [2.75, 3.05) is 5.32 Å². The number of thiazole rings is 1. The number of hydrogen-bond acceptors (Lipinski definition) is 6. The number of halogens is 1. The summed E-state index contributed by atoms with van der Waals surface area (Å²) in [6, 6.07) is 11.2. The van der Waals surface area contributed by atoms with Crippen molar-refractivity contribution in [1.29, 1.82) is 0 Å². The van der Waals surface area contributed by atoms with Crippen LogP contribution in [0.3, 0.4) is 0 Å². The molecule has 0 saturated heterocycles. The lowest BCUT2D eigenvalue weighted by molar-refractivity contribution is 0.0983. The second-order valence-corrected chi connectivity index (χ2v) is 7.04. The van der Waals surface area contributed by atoms with Gasteiger partial charge in [-0.3, -0.25) is 14.3 Å². The molecule has 0 saturated carbocycles. The van der Waals surface area contributed by atoms with Crippen LogP contribution in [0.1, 0.15) is 33.7 Å². The quantitative estimate of drug-likeness (QED) is 0.480. The normalized spacial score (nSPS) is 10.8. The van der Waals surface area contributed by atoms with Crippen molar-refractivity contribution in [3.63, 3.8) is 0 Å². The summed E-state index contributed by atoms with van der Waals surface area (Å²) in [5.74, 6) is 0.117. The maximum absolute atomic E-state index is 14.1. The zero-order chi connectivity index (χ0) is 20.4. The Balaban J connectivity index is 1.48. The number of furan rings is 1. The van der Waals surface area contributed by atoms with Gasteiger partial charge in [0.2, 0.25) is 0 Å². The molecule has 0 aliphatic rings. The molecular formula is C20H15FN4O3S. The van der Waals surface area contributed by atoms with E-state index < -0.39 is 11.7 Å². The molecule has 0 fully saturated rings. The first-order valence-corrected chi connectivity index (χ1v) is 9.52. The van der Waals surface area contributed by atoms with Gasteiger partial charge in [-0.25, -0.2) is 9.37 Å². The number of hydrogen-bond donors (Lipinski definition) is 1. The third-order valence-corrected chi connectivity index (χ3v) is 4.97. The van der Waals surface area contributed by atoms with E-state index in [9.17, 15) is 14.0 Å². The van der Waals surface area contributed by atoms with Crippen molar-refractivity contribution in [1.82, 2.24) is 14.8 Å². The van der Waals surface area contributed by atoms with Crippen LogP contribution in [0.5, 0.6) is 0 Å². The molecule has 7 nitrogen and oxygen atoms in total. The molecule has 0 aliphatic heterocycles. The second kappa shape index (κ2) is 7.80. The summed E-state index contributed by atoms with van der Waals surface area (Å²) in [5, 5.41) is 6.94. The second-order valence-electron chi connectivity index (χ2n) is 6.18. The topological polar surface area (TPSA) is 90.0 Å². The van der Waals surface area contributed by atoms with E-state index in [0.29, 0.717) is 28.6 Å². The molecule has 29 heavy (non-hydrogen) atoms. The van der Waals surface area contributed by atoms with E-state index in [0.717, 1.165) is 0 Å². The Labute approximate surface area is 168 Å². The van der Waals surface area contributed by atoms with Crippen LogP contribution in [-0.4, -0.2) is 26.5 Å². The Morgan fingerprint density at radius 2 is 2.03 bits per heavy atom. The number of amides is 1. The molecule has 0 aliphatic carbocycles. The lowest BCUT2D eigenvalue weighted by atomic mass is 10.1. The number of ketones is 1. The van der Waals surface area contributed by atoms with Crippen LogP contribution in [0.15, 0.2) is 58.6 Å². The van der Waals surface area contributed by atoms with Gasteiger partial charge in [0, 0.05) is 24.8 Å². The molecule has 4 aromatic rings. The zero-order valence-electron chi connectivity index (χ0n) is 15.3. The summed E-state index contributed by atoms with van der Waals surface area (Å²) in [6.07, 6.45) is 1.67. The number of aromatic nitrogens is 3. The molecule has 1 aromatic carbocycles. The predicted octanol–water partition coefficient (Wildman–Crippen LogP) is 4.24. The van der Waals surface area contributed by atoms with Gasteiger partial charge in [0.25, 0.3) is 5.91 Å². The molecule has 0 atom stereocenters. The molecule has 3 aromatic heterocycles. The molecular weight excluding hydrogens is 395 g/mol. The number of nitrogens with one attached hydrogen (secondary N) is 1. The number of benzene rings is 1. The summed E-state index contributed by atoms with van der Waals surface area (Å²) in [5.41, 5.74) is 1.95. The molecule has 0 unspecified atom stereocenters. The number of carbonyl (C=O) groups is 2. The summed E-state index contributed by atoms with van der Waals surface area (Å²) in [6.45, 7) is 1.73. The van der Waals surface area contributed by atoms with Gasteiger partial charge in [-0.2, -0.15) is 5.10 Å². The first-order chi connectivity index (χ1) is 14.0. The van der Waals surface area contributed by atoms with Gasteiger partial charge in [-0.15, -0.1) is 11.3 Å².